The molecule has 5 N–H and O–H groups in total. The second kappa shape index (κ2) is 20.3. The summed E-state index contributed by atoms with van der Waals surface area (Å²) in [5.74, 6) is -5.83. The highest BCUT2D eigenvalue weighted by atomic mass is 16.7. The van der Waals surface area contributed by atoms with Gasteiger partial charge >= 0.3 is 30.0 Å². The largest absolute Gasteiger partial charge is 0.479 e. The number of aryl methyl sites for hydroxylation is 1. The molecule has 0 spiro atoms. The molecular weight excluding hydrogens is 794 g/mol. The number of alkyl carbamates (subject to hydrolysis) is 1. The summed E-state index contributed by atoms with van der Waals surface area (Å²) in [4.78, 5) is 88.3. The summed E-state index contributed by atoms with van der Waals surface area (Å²) >= 11 is 0. The molecule has 3 aromatic rings. The lowest BCUT2D eigenvalue weighted by Gasteiger charge is -2.43. The number of amides is 3. The fourth-order valence-electron chi connectivity index (χ4n) is 7.64. The average Bonchev–Trinajstić information content (AvgIpc) is 3.52. The van der Waals surface area contributed by atoms with Gasteiger partial charge in [-0.1, -0.05) is 68.4 Å². The van der Waals surface area contributed by atoms with Crippen LogP contribution in [-0.4, -0.2) is 101 Å². The Morgan fingerprint density at radius 3 is 1.85 bits per heavy atom. The van der Waals surface area contributed by atoms with Crippen molar-refractivity contribution in [1.82, 2.24) is 10.6 Å². The smallest absolute Gasteiger partial charge is 0.407 e. The van der Waals surface area contributed by atoms with Crippen molar-refractivity contribution in [3.05, 3.63) is 89.0 Å². The van der Waals surface area contributed by atoms with Gasteiger partial charge in [0.25, 0.3) is 0 Å². The number of nitrogens with one attached hydrogen (secondary N) is 3. The molecule has 5 rings (SSSR count). The number of aliphatic hydroxyl groups excluding tert-OH is 1. The molecule has 1 aliphatic carbocycles. The summed E-state index contributed by atoms with van der Waals surface area (Å²) < 4.78 is 27.5. The standard InChI is InChI=1S/C44H51N3O14/c1-22(2)36(47-44(56)57-21-34-32-13-9-7-11-30(32)31-12-8-10-14-33(31)34)42(53)45-23(3)41(52)46-29-17-15-28(20-48)27(19-29)16-18-35-37(58-24(4)49)38(59-25(5)50)39(60-26(6)51)40(61-35)43(54)55/h7-15,17,19,22-23,34-40,48H,16,18,20-21H2,1-6H3,(H,45,53)(H,46,52)(H,47,56)(H,54,55)/t23?,35-,36?,37-,38+,39-,40-/m0/s1. The van der Waals surface area contributed by atoms with Crippen molar-refractivity contribution in [3.63, 3.8) is 0 Å². The summed E-state index contributed by atoms with van der Waals surface area (Å²) in [5, 5.41) is 28.1. The number of ether oxygens (including phenoxy) is 5. The summed E-state index contributed by atoms with van der Waals surface area (Å²) in [7, 11) is 0. The minimum atomic E-state index is -1.80. The number of anilines is 1. The van der Waals surface area contributed by atoms with E-state index in [0.29, 0.717) is 11.1 Å². The van der Waals surface area contributed by atoms with E-state index in [1.165, 1.54) is 13.0 Å². The number of hydrogen-bond acceptors (Lipinski definition) is 13. The Bertz CT molecular complexity index is 2090. The van der Waals surface area contributed by atoms with Crippen LogP contribution in [0.4, 0.5) is 10.5 Å². The van der Waals surface area contributed by atoms with Crippen molar-refractivity contribution in [3.8, 4) is 11.1 Å². The average molecular weight is 846 g/mol. The van der Waals surface area contributed by atoms with E-state index in [9.17, 15) is 43.8 Å². The molecule has 0 aromatic heterocycles. The van der Waals surface area contributed by atoms with E-state index < -0.39 is 91.0 Å². The first-order valence-electron chi connectivity index (χ1n) is 19.8. The minimum absolute atomic E-state index is 0.0452. The highest BCUT2D eigenvalue weighted by Gasteiger charge is 2.54. The number of hydrogen-bond donors (Lipinski definition) is 5. The van der Waals surface area contributed by atoms with Crippen LogP contribution in [0.3, 0.4) is 0 Å². The Morgan fingerprint density at radius 1 is 0.721 bits per heavy atom. The van der Waals surface area contributed by atoms with Crippen molar-refractivity contribution in [2.45, 2.75) is 110 Å². The third kappa shape index (κ3) is 11.3. The molecule has 61 heavy (non-hydrogen) atoms. The molecule has 3 amide bonds. The lowest BCUT2D eigenvalue weighted by molar-refractivity contribution is -0.248. The van der Waals surface area contributed by atoms with Crippen molar-refractivity contribution in [2.75, 3.05) is 11.9 Å². The Balaban J connectivity index is 1.22. The minimum Gasteiger partial charge on any atom is -0.479 e. The zero-order chi connectivity index (χ0) is 44.5. The molecular formula is C44H51N3O14. The van der Waals surface area contributed by atoms with Crippen LogP contribution in [-0.2, 0) is 65.5 Å². The molecule has 3 aromatic carbocycles. The van der Waals surface area contributed by atoms with E-state index in [-0.39, 0.29) is 37.0 Å². The Hall–Kier alpha value is -6.33. The molecule has 1 fully saturated rings. The molecule has 1 aliphatic heterocycles. The predicted octanol–water partition coefficient (Wildman–Crippen LogP) is 3.77. The molecule has 0 radical (unpaired) electrons. The normalized spacial score (nSPS) is 20.2. The molecule has 1 saturated heterocycles. The number of aliphatic hydroxyl groups is 1. The quantitative estimate of drug-likeness (QED) is 0.102. The first-order chi connectivity index (χ1) is 29.0. The van der Waals surface area contributed by atoms with E-state index in [1.807, 2.05) is 48.5 Å². The molecule has 17 heteroatoms. The zero-order valence-electron chi connectivity index (χ0n) is 34.7. The number of carboxylic acids is 1. The van der Waals surface area contributed by atoms with Gasteiger partial charge in [0.2, 0.25) is 11.8 Å². The third-order valence-corrected chi connectivity index (χ3v) is 10.4. The van der Waals surface area contributed by atoms with Gasteiger partial charge in [-0.05, 0) is 71.2 Å². The van der Waals surface area contributed by atoms with Crippen molar-refractivity contribution < 1.29 is 67.5 Å². The summed E-state index contributed by atoms with van der Waals surface area (Å²) in [5.41, 5.74) is 5.45. The first kappa shape index (κ1) is 45.7. The Kier molecular flexibility index (Phi) is 15.2. The van der Waals surface area contributed by atoms with Gasteiger partial charge in [-0.15, -0.1) is 0 Å². The molecule has 7 atom stereocenters. The van der Waals surface area contributed by atoms with E-state index in [2.05, 4.69) is 16.0 Å². The van der Waals surface area contributed by atoms with E-state index >= 15 is 0 Å². The van der Waals surface area contributed by atoms with Crippen LogP contribution in [0, 0.1) is 5.92 Å². The first-order valence-corrected chi connectivity index (χ1v) is 19.8. The maximum Gasteiger partial charge on any atom is 0.407 e. The van der Waals surface area contributed by atoms with Crippen LogP contribution in [0.15, 0.2) is 66.7 Å². The lowest BCUT2D eigenvalue weighted by atomic mass is 9.90. The number of carbonyl (C=O) groups is 7. The van der Waals surface area contributed by atoms with Gasteiger partial charge in [-0.25, -0.2) is 9.59 Å². The van der Waals surface area contributed by atoms with Gasteiger partial charge in [0.05, 0.1) is 12.7 Å². The van der Waals surface area contributed by atoms with Crippen molar-refractivity contribution in [1.29, 1.82) is 0 Å². The second-order valence-electron chi connectivity index (χ2n) is 15.2. The van der Waals surface area contributed by atoms with Crippen LogP contribution in [0.25, 0.3) is 11.1 Å². The van der Waals surface area contributed by atoms with Crippen LogP contribution in [0.5, 0.6) is 0 Å². The maximum atomic E-state index is 13.4. The molecule has 1 heterocycles. The van der Waals surface area contributed by atoms with Gasteiger partial charge < -0.3 is 49.8 Å². The molecule has 0 bridgehead atoms. The highest BCUT2D eigenvalue weighted by molar-refractivity contribution is 5.98. The SMILES string of the molecule is CC(=O)O[C@@H]1[C@@H](OC(C)=O)[C@H](CCc2cc(NC(=O)C(C)NC(=O)C(NC(=O)OCC3c4ccccc4-c4ccccc43)C(C)C)ccc2CO)O[C@H](C(=O)O)[C@H]1OC(C)=O. The summed E-state index contributed by atoms with van der Waals surface area (Å²) in [6, 6.07) is 18.4. The number of aliphatic carboxylic acids is 1. The number of fused-ring (bicyclic) bond motifs is 3. The molecule has 326 valence electrons. The number of benzene rings is 3. The number of rotatable bonds is 16. The fourth-order valence-corrected chi connectivity index (χ4v) is 7.64. The van der Waals surface area contributed by atoms with Gasteiger partial charge in [0.1, 0.15) is 18.7 Å². The number of carboxylic acid groups (broad SMARTS) is 1. The Labute approximate surface area is 352 Å². The van der Waals surface area contributed by atoms with E-state index in [4.69, 9.17) is 23.7 Å². The van der Waals surface area contributed by atoms with Crippen LogP contribution in [0.1, 0.15) is 76.1 Å². The van der Waals surface area contributed by atoms with Crippen LogP contribution in [0.2, 0.25) is 0 Å². The van der Waals surface area contributed by atoms with Gasteiger partial charge in [0, 0.05) is 32.4 Å². The topological polar surface area (TPSA) is 242 Å². The molecule has 2 unspecified atom stereocenters. The zero-order valence-corrected chi connectivity index (χ0v) is 34.7. The fraction of sp³-hybridized carbons (Fsp3) is 0.432. The maximum absolute atomic E-state index is 13.4. The van der Waals surface area contributed by atoms with E-state index in [0.717, 1.165) is 43.0 Å². The van der Waals surface area contributed by atoms with Gasteiger partial charge in [-0.2, -0.15) is 0 Å². The van der Waals surface area contributed by atoms with Gasteiger partial charge in [-0.3, -0.25) is 24.0 Å². The second-order valence-corrected chi connectivity index (χ2v) is 15.2. The van der Waals surface area contributed by atoms with Crippen molar-refractivity contribution >= 4 is 47.5 Å². The van der Waals surface area contributed by atoms with Crippen LogP contribution < -0.4 is 16.0 Å². The summed E-state index contributed by atoms with van der Waals surface area (Å²) in [6.45, 7) is 7.78. The number of esters is 3. The predicted molar refractivity (Wildman–Crippen MR) is 217 cm³/mol. The Morgan fingerprint density at radius 2 is 1.30 bits per heavy atom. The molecule has 17 nitrogen and oxygen atoms in total. The van der Waals surface area contributed by atoms with Gasteiger partial charge in [0.15, 0.2) is 24.4 Å². The highest BCUT2D eigenvalue weighted by Crippen LogP contribution is 2.44. The molecule has 2 aliphatic rings. The number of carbonyl (C=O) groups excluding carboxylic acids is 6. The lowest BCUT2D eigenvalue weighted by Crippen LogP contribution is -2.63. The van der Waals surface area contributed by atoms with Crippen molar-refractivity contribution in [2.24, 2.45) is 5.92 Å². The summed E-state index contributed by atoms with van der Waals surface area (Å²) in [6.07, 6.45) is -8.32. The van der Waals surface area contributed by atoms with Crippen LogP contribution >= 0.6 is 0 Å². The monoisotopic (exact) mass is 845 g/mol. The molecule has 0 saturated carbocycles. The van der Waals surface area contributed by atoms with E-state index in [1.54, 1.807) is 26.0 Å². The third-order valence-electron chi connectivity index (χ3n) is 10.4.